The molecule has 1 aromatic heterocycles. The van der Waals surface area contributed by atoms with E-state index in [-0.39, 0.29) is 12.5 Å². The molecule has 26 heavy (non-hydrogen) atoms. The standard InChI is InChI=1S/C20H18BrNO4/c1-24-18-4-2-3-5-19(18)25-13-20(23)22-12-16-10-11-17(26-16)14-6-8-15(21)9-7-14/h2-11H,12-13H2,1H3,(H,22,23). The van der Waals surface area contributed by atoms with E-state index in [0.717, 1.165) is 15.8 Å². The van der Waals surface area contributed by atoms with E-state index >= 15 is 0 Å². The van der Waals surface area contributed by atoms with Crippen molar-refractivity contribution in [1.29, 1.82) is 0 Å². The van der Waals surface area contributed by atoms with Crippen LogP contribution in [0.25, 0.3) is 11.3 Å². The smallest absolute Gasteiger partial charge is 0.258 e. The predicted octanol–water partition coefficient (Wildman–Crippen LogP) is 4.41. The summed E-state index contributed by atoms with van der Waals surface area (Å²) < 4.78 is 17.5. The van der Waals surface area contributed by atoms with Gasteiger partial charge in [-0.05, 0) is 36.4 Å². The van der Waals surface area contributed by atoms with Crippen molar-refractivity contribution in [2.24, 2.45) is 0 Å². The van der Waals surface area contributed by atoms with Crippen molar-refractivity contribution in [3.63, 3.8) is 0 Å². The zero-order chi connectivity index (χ0) is 18.4. The minimum atomic E-state index is -0.238. The topological polar surface area (TPSA) is 60.7 Å². The van der Waals surface area contributed by atoms with E-state index in [2.05, 4.69) is 21.2 Å². The molecule has 3 aromatic rings. The lowest BCUT2D eigenvalue weighted by Gasteiger charge is -2.10. The van der Waals surface area contributed by atoms with Crippen LogP contribution in [0.15, 0.2) is 69.6 Å². The largest absolute Gasteiger partial charge is 0.493 e. The molecular weight excluding hydrogens is 398 g/mol. The number of ether oxygens (including phenoxy) is 2. The molecule has 0 radical (unpaired) electrons. The van der Waals surface area contributed by atoms with Gasteiger partial charge in [0.15, 0.2) is 18.1 Å². The average Bonchev–Trinajstić information content (AvgIpc) is 3.14. The SMILES string of the molecule is COc1ccccc1OCC(=O)NCc1ccc(-c2ccc(Br)cc2)o1. The van der Waals surface area contributed by atoms with Crippen LogP contribution >= 0.6 is 15.9 Å². The molecule has 0 aliphatic rings. The number of benzene rings is 2. The molecule has 0 bridgehead atoms. The maximum Gasteiger partial charge on any atom is 0.258 e. The van der Waals surface area contributed by atoms with Crippen molar-refractivity contribution >= 4 is 21.8 Å². The Labute approximate surface area is 160 Å². The van der Waals surface area contributed by atoms with E-state index in [9.17, 15) is 4.79 Å². The molecule has 0 aliphatic heterocycles. The molecule has 1 N–H and O–H groups in total. The van der Waals surface area contributed by atoms with Crippen molar-refractivity contribution < 1.29 is 18.7 Å². The molecule has 0 saturated heterocycles. The Balaban J connectivity index is 1.51. The van der Waals surface area contributed by atoms with Gasteiger partial charge < -0.3 is 19.2 Å². The summed E-state index contributed by atoms with van der Waals surface area (Å²) in [4.78, 5) is 12.0. The van der Waals surface area contributed by atoms with Crippen molar-refractivity contribution in [3.05, 3.63) is 70.9 Å². The number of rotatable bonds is 7. The van der Waals surface area contributed by atoms with Gasteiger partial charge in [-0.15, -0.1) is 0 Å². The highest BCUT2D eigenvalue weighted by Crippen LogP contribution is 2.26. The molecule has 3 rings (SSSR count). The van der Waals surface area contributed by atoms with E-state index < -0.39 is 0 Å². The lowest BCUT2D eigenvalue weighted by molar-refractivity contribution is -0.123. The minimum Gasteiger partial charge on any atom is -0.493 e. The number of nitrogens with one attached hydrogen (secondary N) is 1. The molecule has 0 atom stereocenters. The first-order valence-electron chi connectivity index (χ1n) is 8.03. The predicted molar refractivity (Wildman–Crippen MR) is 102 cm³/mol. The molecule has 6 heteroatoms. The summed E-state index contributed by atoms with van der Waals surface area (Å²) in [7, 11) is 1.56. The number of halogens is 1. The Morgan fingerprint density at radius 1 is 1.04 bits per heavy atom. The summed E-state index contributed by atoms with van der Waals surface area (Å²) in [5.74, 6) is 2.31. The Bertz CT molecular complexity index is 874. The quantitative estimate of drug-likeness (QED) is 0.620. The van der Waals surface area contributed by atoms with Gasteiger partial charge in [-0.3, -0.25) is 4.79 Å². The summed E-state index contributed by atoms with van der Waals surface area (Å²) in [6.45, 7) is 0.200. The minimum absolute atomic E-state index is 0.0966. The summed E-state index contributed by atoms with van der Waals surface area (Å²) in [5, 5.41) is 2.77. The second kappa shape index (κ2) is 8.58. The normalized spacial score (nSPS) is 10.4. The van der Waals surface area contributed by atoms with Crippen LogP contribution in [-0.2, 0) is 11.3 Å². The van der Waals surface area contributed by atoms with Gasteiger partial charge >= 0.3 is 0 Å². The molecular formula is C20H18BrNO4. The van der Waals surface area contributed by atoms with Crippen LogP contribution in [0, 0.1) is 0 Å². The summed E-state index contributed by atoms with van der Waals surface area (Å²) in [6.07, 6.45) is 0. The lowest BCUT2D eigenvalue weighted by Crippen LogP contribution is -2.28. The first-order chi connectivity index (χ1) is 12.7. The number of hydrogen-bond acceptors (Lipinski definition) is 4. The van der Waals surface area contributed by atoms with Gasteiger partial charge in [-0.1, -0.05) is 40.2 Å². The van der Waals surface area contributed by atoms with Gasteiger partial charge in [0.1, 0.15) is 11.5 Å². The van der Waals surface area contributed by atoms with E-state index in [0.29, 0.717) is 23.8 Å². The van der Waals surface area contributed by atoms with Crippen molar-refractivity contribution in [3.8, 4) is 22.8 Å². The van der Waals surface area contributed by atoms with Gasteiger partial charge in [0.05, 0.1) is 13.7 Å². The number of para-hydroxylation sites is 2. The number of hydrogen-bond donors (Lipinski definition) is 1. The van der Waals surface area contributed by atoms with Crippen LogP contribution in [0.4, 0.5) is 0 Å². The molecule has 1 heterocycles. The third kappa shape index (κ3) is 4.67. The average molecular weight is 416 g/mol. The second-order valence-electron chi connectivity index (χ2n) is 5.49. The van der Waals surface area contributed by atoms with E-state index in [1.165, 1.54) is 0 Å². The number of methoxy groups -OCH3 is 1. The first kappa shape index (κ1) is 18.1. The number of furan rings is 1. The molecule has 1 amide bonds. The number of carbonyl (C=O) groups excluding carboxylic acids is 1. The first-order valence-corrected chi connectivity index (χ1v) is 8.82. The van der Waals surface area contributed by atoms with Gasteiger partial charge in [0, 0.05) is 10.0 Å². The Kier molecular flexibility index (Phi) is 5.96. The van der Waals surface area contributed by atoms with E-state index in [1.807, 2.05) is 48.5 Å². The highest BCUT2D eigenvalue weighted by Gasteiger charge is 2.09. The Morgan fingerprint density at radius 3 is 2.50 bits per heavy atom. The van der Waals surface area contributed by atoms with Crippen LogP contribution in [-0.4, -0.2) is 19.6 Å². The highest BCUT2D eigenvalue weighted by atomic mass is 79.9. The summed E-state index contributed by atoms with van der Waals surface area (Å²) >= 11 is 3.41. The summed E-state index contributed by atoms with van der Waals surface area (Å²) in [5.41, 5.74) is 0.977. The molecule has 0 fully saturated rings. The van der Waals surface area contributed by atoms with Crippen LogP contribution in [0.5, 0.6) is 11.5 Å². The molecule has 134 valence electrons. The van der Waals surface area contributed by atoms with E-state index in [1.54, 1.807) is 19.2 Å². The lowest BCUT2D eigenvalue weighted by atomic mass is 10.2. The van der Waals surface area contributed by atoms with Gasteiger partial charge in [-0.2, -0.15) is 0 Å². The molecule has 0 spiro atoms. The fourth-order valence-corrected chi connectivity index (χ4v) is 2.62. The molecule has 0 aliphatic carbocycles. The van der Waals surface area contributed by atoms with Gasteiger partial charge in [-0.25, -0.2) is 0 Å². The second-order valence-corrected chi connectivity index (χ2v) is 6.40. The third-order valence-corrected chi connectivity index (χ3v) is 4.21. The van der Waals surface area contributed by atoms with Crippen LogP contribution < -0.4 is 14.8 Å². The zero-order valence-electron chi connectivity index (χ0n) is 14.2. The Hall–Kier alpha value is -2.73. The maximum atomic E-state index is 12.0. The monoisotopic (exact) mass is 415 g/mol. The van der Waals surface area contributed by atoms with Crippen molar-refractivity contribution in [2.75, 3.05) is 13.7 Å². The van der Waals surface area contributed by atoms with Crippen molar-refractivity contribution in [1.82, 2.24) is 5.32 Å². The van der Waals surface area contributed by atoms with Crippen LogP contribution in [0.3, 0.4) is 0 Å². The van der Waals surface area contributed by atoms with Crippen molar-refractivity contribution in [2.45, 2.75) is 6.54 Å². The maximum absolute atomic E-state index is 12.0. The Morgan fingerprint density at radius 2 is 1.77 bits per heavy atom. The highest BCUT2D eigenvalue weighted by molar-refractivity contribution is 9.10. The third-order valence-electron chi connectivity index (χ3n) is 3.68. The number of carbonyl (C=O) groups is 1. The van der Waals surface area contributed by atoms with Gasteiger partial charge in [0.2, 0.25) is 0 Å². The van der Waals surface area contributed by atoms with Crippen LogP contribution in [0.1, 0.15) is 5.76 Å². The van der Waals surface area contributed by atoms with E-state index in [4.69, 9.17) is 13.9 Å². The number of amides is 1. The summed E-state index contributed by atoms with van der Waals surface area (Å²) in [6, 6.07) is 18.8. The molecule has 2 aromatic carbocycles. The van der Waals surface area contributed by atoms with Gasteiger partial charge in [0.25, 0.3) is 5.91 Å². The zero-order valence-corrected chi connectivity index (χ0v) is 15.8. The molecule has 0 unspecified atom stereocenters. The fraction of sp³-hybridized carbons (Fsp3) is 0.150. The van der Waals surface area contributed by atoms with Crippen LogP contribution in [0.2, 0.25) is 0 Å². The fourth-order valence-electron chi connectivity index (χ4n) is 2.36. The molecule has 0 saturated carbocycles. The molecule has 5 nitrogen and oxygen atoms in total.